The minimum atomic E-state index is -3.55. The highest BCUT2D eigenvalue weighted by molar-refractivity contribution is 7.88. The number of carbonyl (C=O) groups is 1. The molecule has 0 spiro atoms. The first-order valence-corrected chi connectivity index (χ1v) is 11.0. The van der Waals surface area contributed by atoms with Crippen LogP contribution in [0, 0.1) is 5.92 Å². The fourth-order valence-electron chi connectivity index (χ4n) is 4.09. The zero-order chi connectivity index (χ0) is 18.8. The molecule has 0 saturated heterocycles. The number of hydrazine groups is 1. The molecule has 1 N–H and O–H groups in total. The molecule has 27 heavy (non-hydrogen) atoms. The molecule has 2 aromatic heterocycles. The molecule has 3 aliphatic carbocycles. The number of nitrogens with zero attached hydrogens (tertiary/aromatic N) is 5. The molecule has 10 heteroatoms. The lowest BCUT2D eigenvalue weighted by molar-refractivity contribution is 0.0791. The molecular formula is C17H20N6O3S. The Hall–Kier alpha value is -2.33. The molecule has 142 valence electrons. The van der Waals surface area contributed by atoms with Crippen LogP contribution < -0.4 is 5.43 Å². The standard InChI is InChI=1S/C17H20N6O3S/c1-27(25,26)23(11-3-2-4-11)21-17(24)15-13-8-10-7-12(10)16(13)22(20-15)14-9-18-5-6-19-14/h5-6,9-12H,2-4,7-8H2,1H3,(H,21,24)/t10-,12-/m1/s1. The molecule has 2 atom stereocenters. The monoisotopic (exact) mass is 388 g/mol. The Labute approximate surface area is 156 Å². The first-order chi connectivity index (χ1) is 12.9. The number of hydrogen-bond donors (Lipinski definition) is 1. The Morgan fingerprint density at radius 1 is 1.33 bits per heavy atom. The van der Waals surface area contributed by atoms with E-state index in [1.54, 1.807) is 23.3 Å². The minimum absolute atomic E-state index is 0.174. The number of amides is 1. The van der Waals surface area contributed by atoms with Gasteiger partial charge in [-0.3, -0.25) is 15.2 Å². The predicted molar refractivity (Wildman–Crippen MR) is 95.5 cm³/mol. The van der Waals surface area contributed by atoms with Crippen molar-refractivity contribution in [1.82, 2.24) is 29.6 Å². The van der Waals surface area contributed by atoms with Crippen LogP contribution in [0.3, 0.4) is 0 Å². The Morgan fingerprint density at radius 3 is 2.78 bits per heavy atom. The lowest BCUT2D eigenvalue weighted by atomic mass is 9.94. The molecule has 3 aliphatic rings. The Bertz CT molecular complexity index is 1010. The Kier molecular flexibility index (Phi) is 3.63. The summed E-state index contributed by atoms with van der Waals surface area (Å²) in [6.45, 7) is 0. The van der Waals surface area contributed by atoms with Crippen molar-refractivity contribution in [2.45, 2.75) is 44.1 Å². The Morgan fingerprint density at radius 2 is 2.15 bits per heavy atom. The van der Waals surface area contributed by atoms with E-state index in [1.807, 2.05) is 0 Å². The van der Waals surface area contributed by atoms with Gasteiger partial charge < -0.3 is 0 Å². The smallest absolute Gasteiger partial charge is 0.269 e. The van der Waals surface area contributed by atoms with Crippen LogP contribution in [0.4, 0.5) is 0 Å². The summed E-state index contributed by atoms with van der Waals surface area (Å²) in [5, 5.41) is 4.50. The van der Waals surface area contributed by atoms with Gasteiger partial charge >= 0.3 is 0 Å². The van der Waals surface area contributed by atoms with Crippen LogP contribution in [-0.4, -0.2) is 50.8 Å². The van der Waals surface area contributed by atoms with E-state index in [0.717, 1.165) is 54.0 Å². The fourth-order valence-corrected chi connectivity index (χ4v) is 5.09. The van der Waals surface area contributed by atoms with E-state index in [0.29, 0.717) is 17.7 Å². The number of carbonyl (C=O) groups excluding carboxylic acids is 1. The third kappa shape index (κ3) is 2.74. The molecule has 0 unspecified atom stereocenters. The van der Waals surface area contributed by atoms with E-state index in [-0.39, 0.29) is 11.7 Å². The quantitative estimate of drug-likeness (QED) is 0.758. The van der Waals surface area contributed by atoms with Gasteiger partial charge in [0.25, 0.3) is 5.91 Å². The van der Waals surface area contributed by atoms with Gasteiger partial charge in [-0.15, -0.1) is 4.41 Å². The molecule has 2 fully saturated rings. The third-order valence-electron chi connectivity index (χ3n) is 5.72. The van der Waals surface area contributed by atoms with Crippen molar-refractivity contribution in [2.24, 2.45) is 5.92 Å². The fraction of sp³-hybridized carbons (Fsp3) is 0.529. The van der Waals surface area contributed by atoms with E-state index in [1.165, 1.54) is 0 Å². The maximum atomic E-state index is 12.9. The third-order valence-corrected chi connectivity index (χ3v) is 6.82. The van der Waals surface area contributed by atoms with Crippen LogP contribution in [-0.2, 0) is 16.4 Å². The molecule has 0 radical (unpaired) electrons. The summed E-state index contributed by atoms with van der Waals surface area (Å²) in [4.78, 5) is 21.3. The van der Waals surface area contributed by atoms with E-state index < -0.39 is 15.9 Å². The summed E-state index contributed by atoms with van der Waals surface area (Å²) in [5.74, 6) is 1.03. The van der Waals surface area contributed by atoms with E-state index >= 15 is 0 Å². The first-order valence-electron chi connectivity index (χ1n) is 9.12. The molecule has 9 nitrogen and oxygen atoms in total. The number of sulfonamides is 1. The van der Waals surface area contributed by atoms with Gasteiger partial charge in [0, 0.05) is 29.9 Å². The number of fused-ring (bicyclic) bond motifs is 3. The van der Waals surface area contributed by atoms with Crippen LogP contribution in [0.25, 0.3) is 5.82 Å². The van der Waals surface area contributed by atoms with Gasteiger partial charge in [0.1, 0.15) is 0 Å². The average Bonchev–Trinajstić information content (AvgIpc) is 3.08. The van der Waals surface area contributed by atoms with Gasteiger partial charge in [0.05, 0.1) is 18.1 Å². The first kappa shape index (κ1) is 16.8. The van der Waals surface area contributed by atoms with E-state index in [4.69, 9.17) is 0 Å². The highest BCUT2D eigenvalue weighted by atomic mass is 32.2. The molecule has 0 aliphatic heterocycles. The van der Waals surface area contributed by atoms with Crippen LogP contribution >= 0.6 is 0 Å². The summed E-state index contributed by atoms with van der Waals surface area (Å²) in [6, 6.07) is -0.174. The van der Waals surface area contributed by atoms with Crippen LogP contribution in [0.2, 0.25) is 0 Å². The maximum Gasteiger partial charge on any atom is 0.287 e. The zero-order valence-electron chi connectivity index (χ0n) is 14.9. The molecule has 1 amide bonds. The van der Waals surface area contributed by atoms with Crippen LogP contribution in [0.15, 0.2) is 18.6 Å². The molecular weight excluding hydrogens is 368 g/mol. The highest BCUT2D eigenvalue weighted by Crippen LogP contribution is 2.57. The van der Waals surface area contributed by atoms with Crippen molar-refractivity contribution in [1.29, 1.82) is 0 Å². The topological polar surface area (TPSA) is 110 Å². The molecule has 2 saturated carbocycles. The van der Waals surface area contributed by atoms with Crippen molar-refractivity contribution in [2.75, 3.05) is 6.26 Å². The van der Waals surface area contributed by atoms with E-state index in [9.17, 15) is 13.2 Å². The minimum Gasteiger partial charge on any atom is -0.269 e. The second-order valence-electron chi connectivity index (χ2n) is 7.58. The van der Waals surface area contributed by atoms with Gasteiger partial charge in [-0.25, -0.2) is 18.1 Å². The second kappa shape index (κ2) is 5.83. The van der Waals surface area contributed by atoms with Gasteiger partial charge in [0.15, 0.2) is 11.5 Å². The lowest BCUT2D eigenvalue weighted by Crippen LogP contribution is -2.54. The van der Waals surface area contributed by atoms with Gasteiger partial charge in [-0.2, -0.15) is 5.10 Å². The molecule has 2 heterocycles. The number of rotatable bonds is 5. The van der Waals surface area contributed by atoms with Crippen molar-refractivity contribution in [3.05, 3.63) is 35.5 Å². The maximum absolute atomic E-state index is 12.9. The van der Waals surface area contributed by atoms with Crippen molar-refractivity contribution in [3.8, 4) is 5.82 Å². The summed E-state index contributed by atoms with van der Waals surface area (Å²) in [5.41, 5.74) is 4.80. The summed E-state index contributed by atoms with van der Waals surface area (Å²) in [6.07, 6.45) is 10.3. The summed E-state index contributed by atoms with van der Waals surface area (Å²) < 4.78 is 27.0. The SMILES string of the molecule is CS(=O)(=O)N(NC(=O)c1nn(-c2cnccn2)c2c1C[C@H]1C[C@@H]21)C1CCC1. The highest BCUT2D eigenvalue weighted by Gasteiger charge is 2.50. The molecule has 5 rings (SSSR count). The molecule has 0 bridgehead atoms. The largest absolute Gasteiger partial charge is 0.287 e. The number of nitrogens with one attached hydrogen (secondary N) is 1. The Balaban J connectivity index is 1.50. The average molecular weight is 388 g/mol. The number of aromatic nitrogens is 4. The summed E-state index contributed by atoms with van der Waals surface area (Å²) >= 11 is 0. The van der Waals surface area contributed by atoms with Crippen LogP contribution in [0.5, 0.6) is 0 Å². The predicted octanol–water partition coefficient (Wildman–Crippen LogP) is 0.781. The van der Waals surface area contributed by atoms with Gasteiger partial charge in [-0.05, 0) is 31.6 Å². The lowest BCUT2D eigenvalue weighted by Gasteiger charge is -2.35. The van der Waals surface area contributed by atoms with Gasteiger partial charge in [-0.1, -0.05) is 6.42 Å². The van der Waals surface area contributed by atoms with Gasteiger partial charge in [0.2, 0.25) is 10.0 Å². The molecule has 2 aromatic rings. The van der Waals surface area contributed by atoms with Crippen LogP contribution in [0.1, 0.15) is 53.3 Å². The van der Waals surface area contributed by atoms with Crippen molar-refractivity contribution < 1.29 is 13.2 Å². The van der Waals surface area contributed by atoms with Crippen molar-refractivity contribution >= 4 is 15.9 Å². The van der Waals surface area contributed by atoms with E-state index in [2.05, 4.69) is 20.5 Å². The summed E-state index contributed by atoms with van der Waals surface area (Å²) in [7, 11) is -3.55. The zero-order valence-corrected chi connectivity index (χ0v) is 15.7. The normalized spacial score (nSPS) is 23.6. The molecule has 0 aromatic carbocycles. The van der Waals surface area contributed by atoms with Crippen molar-refractivity contribution in [3.63, 3.8) is 0 Å². The second-order valence-corrected chi connectivity index (χ2v) is 9.44. The number of hydrogen-bond acceptors (Lipinski definition) is 6.